The van der Waals surface area contributed by atoms with Crippen LogP contribution in [0.4, 0.5) is 5.69 Å². The van der Waals surface area contributed by atoms with Crippen LogP contribution in [-0.4, -0.2) is 66.9 Å². The van der Waals surface area contributed by atoms with Crippen LogP contribution in [0, 0.1) is 0 Å². The lowest BCUT2D eigenvalue weighted by Crippen LogP contribution is -2.54. The monoisotopic (exact) mass is 541 g/mol. The number of azide groups is 1. The third-order valence-corrected chi connectivity index (χ3v) is 6.99. The third kappa shape index (κ3) is 5.79. The molecule has 2 heterocycles. The molecular formula is C30H31N5O5. The molecule has 0 radical (unpaired) electrons. The number of carbonyl (C=O) groups excluding carboxylic acids is 1. The Morgan fingerprint density at radius 3 is 2.52 bits per heavy atom. The number of ether oxygens (including phenoxy) is 3. The van der Waals surface area contributed by atoms with Gasteiger partial charge in [-0.3, -0.25) is 4.79 Å². The largest absolute Gasteiger partial charge is 0.494 e. The van der Waals surface area contributed by atoms with Gasteiger partial charge in [-0.15, -0.1) is 0 Å². The number of carbonyl (C=O) groups is 1. The Morgan fingerprint density at radius 2 is 1.80 bits per heavy atom. The minimum absolute atomic E-state index is 0.0576. The summed E-state index contributed by atoms with van der Waals surface area (Å²) in [7, 11) is 0. The van der Waals surface area contributed by atoms with Gasteiger partial charge in [-0.2, -0.15) is 0 Å². The zero-order chi connectivity index (χ0) is 27.8. The molecular weight excluding hydrogens is 510 g/mol. The van der Waals surface area contributed by atoms with Gasteiger partial charge >= 0.3 is 0 Å². The molecule has 1 saturated heterocycles. The van der Waals surface area contributed by atoms with Crippen molar-refractivity contribution < 1.29 is 24.1 Å². The quantitative estimate of drug-likeness (QED) is 0.171. The van der Waals surface area contributed by atoms with Crippen LogP contribution in [-0.2, 0) is 20.7 Å². The average Bonchev–Trinajstić information content (AvgIpc) is 3.38. The van der Waals surface area contributed by atoms with E-state index in [1.54, 1.807) is 17.0 Å². The third-order valence-electron chi connectivity index (χ3n) is 6.99. The fraction of sp³-hybridized carbons (Fsp3) is 0.333. The van der Waals surface area contributed by atoms with Crippen molar-refractivity contribution in [1.82, 2.24) is 4.90 Å². The van der Waals surface area contributed by atoms with Gasteiger partial charge in [0, 0.05) is 54.3 Å². The minimum Gasteiger partial charge on any atom is -0.494 e. The predicted octanol–water partition coefficient (Wildman–Crippen LogP) is 4.75. The molecule has 5 rings (SSSR count). The highest BCUT2D eigenvalue weighted by Crippen LogP contribution is 2.46. The molecule has 3 aromatic carbocycles. The zero-order valence-electron chi connectivity index (χ0n) is 22.1. The number of benzene rings is 3. The molecule has 0 spiro atoms. The molecule has 10 nitrogen and oxygen atoms in total. The van der Waals surface area contributed by atoms with Gasteiger partial charge in [-0.05, 0) is 35.4 Å². The van der Waals surface area contributed by atoms with E-state index in [9.17, 15) is 10.3 Å². The zero-order valence-corrected chi connectivity index (χ0v) is 22.1. The highest BCUT2D eigenvalue weighted by Gasteiger charge is 2.55. The Balaban J connectivity index is 1.62. The Labute approximate surface area is 232 Å². The van der Waals surface area contributed by atoms with Crippen molar-refractivity contribution in [3.05, 3.63) is 106 Å². The van der Waals surface area contributed by atoms with Gasteiger partial charge in [0.15, 0.2) is 11.6 Å². The molecule has 0 aromatic heterocycles. The number of nitrogens with zero attached hydrogens (tertiary/aromatic N) is 5. The van der Waals surface area contributed by atoms with Gasteiger partial charge in [0.25, 0.3) is 5.91 Å². The Morgan fingerprint density at radius 1 is 1.07 bits per heavy atom. The summed E-state index contributed by atoms with van der Waals surface area (Å²) in [6.45, 7) is 2.25. The normalized spacial score (nSPS) is 20.3. The van der Waals surface area contributed by atoms with Crippen LogP contribution in [0.2, 0.25) is 0 Å². The Bertz CT molecular complexity index is 1390. The molecule has 2 aliphatic rings. The van der Waals surface area contributed by atoms with Crippen LogP contribution in [0.25, 0.3) is 10.4 Å². The SMILES string of the molecule is [N-]=[N+]=Nc1ccccc1[C@H]1OC(c2ccc(OCCCO)cc2)=N[C@@]1(Cc1ccccc1)C(=O)N1CCOCC1. The maximum absolute atomic E-state index is 14.5. The van der Waals surface area contributed by atoms with Crippen LogP contribution in [0.5, 0.6) is 5.75 Å². The second-order valence-corrected chi connectivity index (χ2v) is 9.60. The molecule has 1 fully saturated rings. The first-order valence-corrected chi connectivity index (χ1v) is 13.3. The first-order chi connectivity index (χ1) is 19.6. The number of hydrogen-bond donors (Lipinski definition) is 1. The summed E-state index contributed by atoms with van der Waals surface area (Å²) in [4.78, 5) is 24.4. The van der Waals surface area contributed by atoms with Crippen molar-refractivity contribution in [2.45, 2.75) is 24.5 Å². The van der Waals surface area contributed by atoms with E-state index >= 15 is 0 Å². The molecule has 1 N–H and O–H groups in total. The lowest BCUT2D eigenvalue weighted by Gasteiger charge is -2.37. The Kier molecular flexibility index (Phi) is 8.61. The van der Waals surface area contributed by atoms with E-state index in [4.69, 9.17) is 24.3 Å². The van der Waals surface area contributed by atoms with Crippen LogP contribution in [0.15, 0.2) is 89.0 Å². The van der Waals surface area contributed by atoms with Gasteiger partial charge in [-0.1, -0.05) is 59.7 Å². The van der Waals surface area contributed by atoms with Gasteiger partial charge < -0.3 is 24.2 Å². The van der Waals surface area contributed by atoms with Crippen molar-refractivity contribution in [3.63, 3.8) is 0 Å². The van der Waals surface area contributed by atoms with Crippen LogP contribution in [0.1, 0.15) is 29.2 Å². The van der Waals surface area contributed by atoms with Crippen molar-refractivity contribution >= 4 is 17.5 Å². The second-order valence-electron chi connectivity index (χ2n) is 9.60. The van der Waals surface area contributed by atoms with Crippen molar-refractivity contribution in [1.29, 1.82) is 0 Å². The predicted molar refractivity (Wildman–Crippen MR) is 150 cm³/mol. The van der Waals surface area contributed by atoms with E-state index < -0.39 is 11.6 Å². The molecule has 1 amide bonds. The molecule has 3 aromatic rings. The number of aliphatic hydroxyl groups is 1. The summed E-state index contributed by atoms with van der Waals surface area (Å²) in [6.07, 6.45) is -0.0269. The van der Waals surface area contributed by atoms with Gasteiger partial charge in [0.1, 0.15) is 5.75 Å². The van der Waals surface area contributed by atoms with E-state index in [0.29, 0.717) is 67.8 Å². The summed E-state index contributed by atoms with van der Waals surface area (Å²) >= 11 is 0. The molecule has 2 aliphatic heterocycles. The van der Waals surface area contributed by atoms with E-state index in [2.05, 4.69) is 10.0 Å². The van der Waals surface area contributed by atoms with Crippen molar-refractivity contribution in [3.8, 4) is 5.75 Å². The van der Waals surface area contributed by atoms with E-state index in [0.717, 1.165) is 5.56 Å². The number of aliphatic imine (C=N–C) groups is 1. The molecule has 40 heavy (non-hydrogen) atoms. The highest BCUT2D eigenvalue weighted by molar-refractivity contribution is 6.01. The smallest absolute Gasteiger partial charge is 0.255 e. The molecule has 0 saturated carbocycles. The summed E-state index contributed by atoms with van der Waals surface area (Å²) in [6, 6.07) is 24.2. The maximum Gasteiger partial charge on any atom is 0.255 e. The number of hydrogen-bond acceptors (Lipinski definition) is 7. The second kappa shape index (κ2) is 12.7. The summed E-state index contributed by atoms with van der Waals surface area (Å²) < 4.78 is 17.8. The van der Waals surface area contributed by atoms with Crippen molar-refractivity contribution in [2.75, 3.05) is 39.5 Å². The summed E-state index contributed by atoms with van der Waals surface area (Å²) in [5, 5.41) is 12.9. The number of morpholine rings is 1. The first-order valence-electron chi connectivity index (χ1n) is 13.3. The van der Waals surface area contributed by atoms with E-state index in [1.165, 1.54) is 0 Å². The molecule has 0 unspecified atom stereocenters. The highest BCUT2D eigenvalue weighted by atomic mass is 16.5. The topological polar surface area (TPSA) is 129 Å². The van der Waals surface area contributed by atoms with Gasteiger partial charge in [0.2, 0.25) is 5.90 Å². The standard InChI is InChI=1S/C30H31N5O5/c31-34-33-26-10-5-4-9-25(26)27-30(21-22-7-2-1-3-8-22,29(37)35-15-19-38-20-16-35)32-28(40-27)23-11-13-24(14-12-23)39-18-6-17-36/h1-5,7-14,27,36H,6,15-21H2/t27-,30-/m1/s1. The average molecular weight is 542 g/mol. The first kappa shape index (κ1) is 27.2. The summed E-state index contributed by atoms with van der Waals surface area (Å²) in [5.74, 6) is 0.806. The van der Waals surface area contributed by atoms with E-state index in [-0.39, 0.29) is 18.9 Å². The lowest BCUT2D eigenvalue weighted by atomic mass is 9.81. The lowest BCUT2D eigenvalue weighted by molar-refractivity contribution is -0.143. The van der Waals surface area contributed by atoms with Gasteiger partial charge in [0.05, 0.1) is 19.8 Å². The van der Waals surface area contributed by atoms with Crippen LogP contribution < -0.4 is 4.74 Å². The van der Waals surface area contributed by atoms with Crippen LogP contribution in [0.3, 0.4) is 0 Å². The minimum atomic E-state index is -1.36. The number of aliphatic hydroxyl groups excluding tert-OH is 1. The fourth-order valence-electron chi connectivity index (χ4n) is 5.04. The van der Waals surface area contributed by atoms with E-state index in [1.807, 2.05) is 66.7 Å². The fourth-order valence-corrected chi connectivity index (χ4v) is 5.04. The summed E-state index contributed by atoms with van der Waals surface area (Å²) in [5.41, 5.74) is 10.5. The Hall–Kier alpha value is -4.37. The molecule has 0 aliphatic carbocycles. The van der Waals surface area contributed by atoms with Crippen molar-refractivity contribution in [2.24, 2.45) is 10.1 Å². The molecule has 2 atom stereocenters. The van der Waals surface area contributed by atoms with Crippen LogP contribution >= 0.6 is 0 Å². The van der Waals surface area contributed by atoms with Gasteiger partial charge in [-0.25, -0.2) is 4.99 Å². The maximum atomic E-state index is 14.5. The molecule has 0 bridgehead atoms. The number of amides is 1. The molecule has 206 valence electrons. The molecule has 10 heteroatoms. The number of rotatable bonds is 10.